The summed E-state index contributed by atoms with van der Waals surface area (Å²) in [5.74, 6) is -0.647. The molecule has 1 rings (SSSR count). The van der Waals surface area contributed by atoms with E-state index in [1.165, 1.54) is 18.2 Å². The molecule has 0 unspecified atom stereocenters. The molecule has 1 aromatic rings. The smallest absolute Gasteiger partial charge is 0.254 e. The van der Waals surface area contributed by atoms with Gasteiger partial charge >= 0.3 is 0 Å². The Morgan fingerprint density at radius 2 is 2.06 bits per heavy atom. The highest BCUT2D eigenvalue weighted by Crippen LogP contribution is 2.13. The highest BCUT2D eigenvalue weighted by molar-refractivity contribution is 5.95. The highest BCUT2D eigenvalue weighted by Gasteiger charge is 2.14. The summed E-state index contributed by atoms with van der Waals surface area (Å²) in [6.07, 6.45) is 0.879. The third-order valence-corrected chi connectivity index (χ3v) is 2.33. The zero-order chi connectivity index (χ0) is 12.1. The Bertz CT molecular complexity index is 359. The van der Waals surface area contributed by atoms with E-state index in [4.69, 9.17) is 5.73 Å². The second-order valence-corrected chi connectivity index (χ2v) is 3.66. The fraction of sp³-hybridized carbons (Fsp3) is 0.417. The third kappa shape index (κ3) is 2.95. The highest BCUT2D eigenvalue weighted by atomic mass is 19.1. The third-order valence-electron chi connectivity index (χ3n) is 2.33. The maximum Gasteiger partial charge on any atom is 0.254 e. The molecule has 0 fully saturated rings. The fourth-order valence-electron chi connectivity index (χ4n) is 1.59. The number of amides is 1. The summed E-state index contributed by atoms with van der Waals surface area (Å²) in [4.78, 5) is 13.6. The number of carbonyl (C=O) groups excluding carboxylic acids is 1. The Balaban J connectivity index is 2.94. The molecule has 0 bridgehead atoms. The standard InChI is InChI=1S/C12H17FN2O/c1-3-5-15(4-2)12(16)9-6-10(13)8-11(14)7-9/h6-8H,3-5,14H2,1-2H3. The van der Waals surface area contributed by atoms with Crippen molar-refractivity contribution < 1.29 is 9.18 Å². The van der Waals surface area contributed by atoms with Gasteiger partial charge in [0.05, 0.1) is 0 Å². The molecule has 16 heavy (non-hydrogen) atoms. The molecule has 88 valence electrons. The Hall–Kier alpha value is -1.58. The van der Waals surface area contributed by atoms with Gasteiger partial charge in [-0.05, 0) is 31.5 Å². The molecular formula is C12H17FN2O. The molecule has 4 heteroatoms. The fourth-order valence-corrected chi connectivity index (χ4v) is 1.59. The van der Waals surface area contributed by atoms with Crippen LogP contribution in [0.1, 0.15) is 30.6 Å². The van der Waals surface area contributed by atoms with Gasteiger partial charge in [0.1, 0.15) is 5.82 Å². The van der Waals surface area contributed by atoms with Crippen LogP contribution in [-0.2, 0) is 0 Å². The lowest BCUT2D eigenvalue weighted by atomic mass is 10.1. The number of nitrogen functional groups attached to an aromatic ring is 1. The minimum atomic E-state index is -0.476. The van der Waals surface area contributed by atoms with Crippen LogP contribution in [0.3, 0.4) is 0 Å². The summed E-state index contributed by atoms with van der Waals surface area (Å²) >= 11 is 0. The van der Waals surface area contributed by atoms with Crippen LogP contribution in [0.15, 0.2) is 18.2 Å². The Kier molecular flexibility index (Phi) is 4.28. The van der Waals surface area contributed by atoms with Gasteiger partial charge in [0.15, 0.2) is 0 Å². The average molecular weight is 224 g/mol. The van der Waals surface area contributed by atoms with Gasteiger partial charge in [-0.1, -0.05) is 6.92 Å². The van der Waals surface area contributed by atoms with E-state index in [1.54, 1.807) is 4.90 Å². The minimum Gasteiger partial charge on any atom is -0.399 e. The molecule has 0 spiro atoms. The van der Waals surface area contributed by atoms with Crippen LogP contribution in [0.4, 0.5) is 10.1 Å². The molecule has 0 saturated carbocycles. The lowest BCUT2D eigenvalue weighted by Crippen LogP contribution is -2.31. The first-order valence-electron chi connectivity index (χ1n) is 5.43. The molecule has 1 aromatic carbocycles. The van der Waals surface area contributed by atoms with E-state index in [-0.39, 0.29) is 11.6 Å². The van der Waals surface area contributed by atoms with E-state index in [0.29, 0.717) is 18.7 Å². The second-order valence-electron chi connectivity index (χ2n) is 3.66. The van der Waals surface area contributed by atoms with Gasteiger partial charge < -0.3 is 10.6 Å². The van der Waals surface area contributed by atoms with E-state index < -0.39 is 5.82 Å². The zero-order valence-corrected chi connectivity index (χ0v) is 9.66. The van der Waals surface area contributed by atoms with Crippen LogP contribution in [0.5, 0.6) is 0 Å². The molecule has 2 N–H and O–H groups in total. The number of anilines is 1. The number of nitrogens with two attached hydrogens (primary N) is 1. The molecule has 0 aliphatic heterocycles. The molecule has 0 radical (unpaired) electrons. The predicted molar refractivity (Wildman–Crippen MR) is 62.7 cm³/mol. The monoisotopic (exact) mass is 224 g/mol. The summed E-state index contributed by atoms with van der Waals surface area (Å²) < 4.78 is 13.1. The lowest BCUT2D eigenvalue weighted by molar-refractivity contribution is 0.0764. The van der Waals surface area contributed by atoms with Crippen molar-refractivity contribution in [1.29, 1.82) is 0 Å². The molecule has 0 aromatic heterocycles. The number of hydrogen-bond acceptors (Lipinski definition) is 2. The lowest BCUT2D eigenvalue weighted by Gasteiger charge is -2.20. The normalized spacial score (nSPS) is 10.2. The Morgan fingerprint density at radius 3 is 2.56 bits per heavy atom. The van der Waals surface area contributed by atoms with Gasteiger partial charge in [0.25, 0.3) is 5.91 Å². The van der Waals surface area contributed by atoms with Crippen LogP contribution >= 0.6 is 0 Å². The van der Waals surface area contributed by atoms with Crippen molar-refractivity contribution >= 4 is 11.6 Å². The summed E-state index contributed by atoms with van der Waals surface area (Å²) in [5, 5.41) is 0. The molecule has 0 saturated heterocycles. The van der Waals surface area contributed by atoms with Gasteiger partial charge in [-0.25, -0.2) is 4.39 Å². The maximum absolute atomic E-state index is 13.1. The summed E-state index contributed by atoms with van der Waals surface area (Å²) in [7, 11) is 0. The van der Waals surface area contributed by atoms with Gasteiger partial charge in [-0.3, -0.25) is 4.79 Å². The first-order chi connectivity index (χ1) is 7.58. The topological polar surface area (TPSA) is 46.3 Å². The predicted octanol–water partition coefficient (Wildman–Crippen LogP) is 2.28. The number of hydrogen-bond donors (Lipinski definition) is 1. The molecule has 0 atom stereocenters. The molecule has 3 nitrogen and oxygen atoms in total. The minimum absolute atomic E-state index is 0.171. The van der Waals surface area contributed by atoms with Crippen LogP contribution in [0.25, 0.3) is 0 Å². The van der Waals surface area contributed by atoms with Crippen molar-refractivity contribution in [2.24, 2.45) is 0 Å². The van der Waals surface area contributed by atoms with Crippen molar-refractivity contribution in [3.63, 3.8) is 0 Å². The van der Waals surface area contributed by atoms with E-state index >= 15 is 0 Å². The van der Waals surface area contributed by atoms with Crippen molar-refractivity contribution in [3.05, 3.63) is 29.6 Å². The second kappa shape index (κ2) is 5.49. The Labute approximate surface area is 95.0 Å². The van der Waals surface area contributed by atoms with E-state index in [0.717, 1.165) is 6.42 Å². The summed E-state index contributed by atoms with van der Waals surface area (Å²) in [5.41, 5.74) is 6.09. The summed E-state index contributed by atoms with van der Waals surface area (Å²) in [6.45, 7) is 5.18. The van der Waals surface area contributed by atoms with Crippen molar-refractivity contribution in [1.82, 2.24) is 4.90 Å². The average Bonchev–Trinajstić information content (AvgIpc) is 2.23. The van der Waals surface area contributed by atoms with Crippen LogP contribution < -0.4 is 5.73 Å². The van der Waals surface area contributed by atoms with Crippen molar-refractivity contribution in [2.75, 3.05) is 18.8 Å². The molecular weight excluding hydrogens is 207 g/mol. The number of benzene rings is 1. The molecule has 0 heterocycles. The number of carbonyl (C=O) groups is 1. The largest absolute Gasteiger partial charge is 0.399 e. The van der Waals surface area contributed by atoms with E-state index in [9.17, 15) is 9.18 Å². The van der Waals surface area contributed by atoms with Crippen LogP contribution in [0.2, 0.25) is 0 Å². The van der Waals surface area contributed by atoms with Gasteiger partial charge in [-0.15, -0.1) is 0 Å². The molecule has 0 aliphatic carbocycles. The first-order valence-corrected chi connectivity index (χ1v) is 5.43. The van der Waals surface area contributed by atoms with Gasteiger partial charge in [0.2, 0.25) is 0 Å². The van der Waals surface area contributed by atoms with Crippen LogP contribution in [0, 0.1) is 5.82 Å². The number of nitrogens with zero attached hydrogens (tertiary/aromatic N) is 1. The van der Waals surface area contributed by atoms with Crippen molar-refractivity contribution in [2.45, 2.75) is 20.3 Å². The molecule has 0 aliphatic rings. The van der Waals surface area contributed by atoms with Crippen LogP contribution in [-0.4, -0.2) is 23.9 Å². The van der Waals surface area contributed by atoms with E-state index in [1.807, 2.05) is 13.8 Å². The van der Waals surface area contributed by atoms with Crippen molar-refractivity contribution in [3.8, 4) is 0 Å². The maximum atomic E-state index is 13.1. The zero-order valence-electron chi connectivity index (χ0n) is 9.66. The van der Waals surface area contributed by atoms with E-state index in [2.05, 4.69) is 0 Å². The van der Waals surface area contributed by atoms with Gasteiger partial charge in [-0.2, -0.15) is 0 Å². The number of rotatable bonds is 4. The summed E-state index contributed by atoms with van der Waals surface area (Å²) in [6, 6.07) is 3.92. The molecule has 1 amide bonds. The number of halogens is 1. The Morgan fingerprint density at radius 1 is 1.38 bits per heavy atom. The quantitative estimate of drug-likeness (QED) is 0.797. The van der Waals surface area contributed by atoms with Gasteiger partial charge in [0, 0.05) is 24.3 Å². The SMILES string of the molecule is CCCN(CC)C(=O)c1cc(N)cc(F)c1. The first kappa shape index (κ1) is 12.5.